The summed E-state index contributed by atoms with van der Waals surface area (Å²) < 4.78 is 48.4. The second-order valence-electron chi connectivity index (χ2n) is 6.99. The van der Waals surface area contributed by atoms with E-state index in [2.05, 4.69) is 5.32 Å². The molecule has 1 aliphatic heterocycles. The second kappa shape index (κ2) is 9.56. The maximum Gasteiger partial charge on any atom is 0.471 e. The van der Waals surface area contributed by atoms with Crippen LogP contribution in [0.4, 0.5) is 24.5 Å². The summed E-state index contributed by atoms with van der Waals surface area (Å²) in [4.78, 5) is 26.9. The zero-order chi connectivity index (χ0) is 23.5. The van der Waals surface area contributed by atoms with Crippen LogP contribution in [0.5, 0.6) is 11.5 Å². The zero-order valence-corrected chi connectivity index (χ0v) is 18.1. The Kier molecular flexibility index (Phi) is 7.02. The largest absolute Gasteiger partial charge is 0.497 e. The number of nitrogens with one attached hydrogen (secondary N) is 1. The lowest BCUT2D eigenvalue weighted by molar-refractivity contribution is -0.185. The summed E-state index contributed by atoms with van der Waals surface area (Å²) >= 11 is 6.11. The fourth-order valence-electron chi connectivity index (χ4n) is 3.35. The molecule has 0 unspecified atom stereocenters. The lowest BCUT2D eigenvalue weighted by atomic mass is 10.1. The third-order valence-corrected chi connectivity index (χ3v) is 5.21. The number of methoxy groups -OCH3 is 2. The summed E-state index contributed by atoms with van der Waals surface area (Å²) in [5.74, 6) is -1.43. The topological polar surface area (TPSA) is 71.1 Å². The fourth-order valence-corrected chi connectivity index (χ4v) is 3.52. The van der Waals surface area contributed by atoms with E-state index in [0.717, 1.165) is 4.90 Å². The van der Waals surface area contributed by atoms with Gasteiger partial charge in [0.2, 0.25) is 0 Å². The number of piperazine rings is 1. The zero-order valence-electron chi connectivity index (χ0n) is 17.3. The smallest absolute Gasteiger partial charge is 0.471 e. The minimum Gasteiger partial charge on any atom is -0.497 e. The molecule has 7 nitrogen and oxygen atoms in total. The normalized spacial score (nSPS) is 14.2. The molecule has 0 bridgehead atoms. The quantitative estimate of drug-likeness (QED) is 0.718. The Morgan fingerprint density at radius 3 is 2.09 bits per heavy atom. The molecule has 0 aromatic heterocycles. The Labute approximate surface area is 187 Å². The molecule has 32 heavy (non-hydrogen) atoms. The summed E-state index contributed by atoms with van der Waals surface area (Å²) in [7, 11) is 2.93. The minimum atomic E-state index is -4.90. The van der Waals surface area contributed by atoms with Crippen molar-refractivity contribution >= 4 is 34.8 Å². The first-order valence-corrected chi connectivity index (χ1v) is 9.95. The van der Waals surface area contributed by atoms with Crippen molar-refractivity contribution in [2.45, 2.75) is 6.18 Å². The van der Waals surface area contributed by atoms with Crippen LogP contribution in [-0.2, 0) is 4.79 Å². The minimum absolute atomic E-state index is 0.0958. The van der Waals surface area contributed by atoms with Gasteiger partial charge in [-0.1, -0.05) is 11.6 Å². The SMILES string of the molecule is COc1cc(OC)cc(C(=O)Nc2cc(Cl)ccc2N2CCN(C(=O)C(F)(F)F)CC2)c1. The van der Waals surface area contributed by atoms with Crippen LogP contribution in [0.25, 0.3) is 0 Å². The van der Waals surface area contributed by atoms with E-state index in [1.807, 2.05) is 0 Å². The van der Waals surface area contributed by atoms with Crippen LogP contribution < -0.4 is 19.7 Å². The number of hydrogen-bond acceptors (Lipinski definition) is 5. The van der Waals surface area contributed by atoms with Crippen molar-refractivity contribution in [3.8, 4) is 11.5 Å². The van der Waals surface area contributed by atoms with Gasteiger partial charge in [-0.3, -0.25) is 9.59 Å². The Bertz CT molecular complexity index is 986. The number of carbonyl (C=O) groups is 2. The molecule has 1 heterocycles. The predicted molar refractivity (Wildman–Crippen MR) is 114 cm³/mol. The molecule has 1 aliphatic rings. The van der Waals surface area contributed by atoms with Gasteiger partial charge in [-0.2, -0.15) is 13.2 Å². The van der Waals surface area contributed by atoms with Crippen molar-refractivity contribution in [3.05, 3.63) is 47.0 Å². The molecule has 1 fully saturated rings. The molecule has 2 aromatic rings. The van der Waals surface area contributed by atoms with Gasteiger partial charge in [0.05, 0.1) is 25.6 Å². The maximum atomic E-state index is 12.9. The van der Waals surface area contributed by atoms with Gasteiger partial charge in [0, 0.05) is 42.8 Å². The van der Waals surface area contributed by atoms with Gasteiger partial charge in [0.25, 0.3) is 5.91 Å². The first-order chi connectivity index (χ1) is 15.1. The number of halogens is 4. The van der Waals surface area contributed by atoms with E-state index in [9.17, 15) is 22.8 Å². The Hall–Kier alpha value is -3.14. The molecule has 0 aliphatic carbocycles. The number of ether oxygens (including phenoxy) is 2. The van der Waals surface area contributed by atoms with Crippen LogP contribution in [0.2, 0.25) is 5.02 Å². The molecule has 1 N–H and O–H groups in total. The van der Waals surface area contributed by atoms with Crippen molar-refractivity contribution in [2.24, 2.45) is 0 Å². The van der Waals surface area contributed by atoms with Gasteiger partial charge >= 0.3 is 12.1 Å². The number of carbonyl (C=O) groups excluding carboxylic acids is 2. The third kappa shape index (κ3) is 5.37. The van der Waals surface area contributed by atoms with Gasteiger partial charge in [0.15, 0.2) is 0 Å². The molecular weight excluding hydrogens is 451 g/mol. The van der Waals surface area contributed by atoms with E-state index >= 15 is 0 Å². The lowest BCUT2D eigenvalue weighted by Crippen LogP contribution is -2.52. The number of hydrogen-bond donors (Lipinski definition) is 1. The highest BCUT2D eigenvalue weighted by Crippen LogP contribution is 2.32. The molecular formula is C21H21ClF3N3O4. The first kappa shape index (κ1) is 23.5. The first-order valence-electron chi connectivity index (χ1n) is 9.57. The van der Waals surface area contributed by atoms with E-state index in [1.165, 1.54) is 14.2 Å². The standard InChI is InChI=1S/C21H21ClF3N3O4/c1-31-15-9-13(10-16(12-15)32-2)19(29)26-17-11-14(22)3-4-18(17)27-5-7-28(8-6-27)20(30)21(23,24)25/h3-4,9-12H,5-8H2,1-2H3,(H,26,29). The number of rotatable bonds is 5. The molecule has 3 rings (SSSR count). The van der Waals surface area contributed by atoms with Crippen molar-refractivity contribution in [1.29, 1.82) is 0 Å². The van der Waals surface area contributed by atoms with Gasteiger partial charge in [-0.25, -0.2) is 0 Å². The Balaban J connectivity index is 1.79. The van der Waals surface area contributed by atoms with Gasteiger partial charge in [-0.05, 0) is 30.3 Å². The summed E-state index contributed by atoms with van der Waals surface area (Å²) in [6.07, 6.45) is -4.90. The lowest BCUT2D eigenvalue weighted by Gasteiger charge is -2.37. The summed E-state index contributed by atoms with van der Waals surface area (Å²) in [6.45, 7) is 0.140. The average molecular weight is 472 g/mol. The van der Waals surface area contributed by atoms with Gasteiger partial charge in [-0.15, -0.1) is 0 Å². The summed E-state index contributed by atoms with van der Waals surface area (Å²) in [5.41, 5.74) is 1.25. The summed E-state index contributed by atoms with van der Waals surface area (Å²) in [5, 5.41) is 3.16. The second-order valence-corrected chi connectivity index (χ2v) is 7.43. The average Bonchev–Trinajstić information content (AvgIpc) is 2.77. The molecule has 0 radical (unpaired) electrons. The number of anilines is 2. The molecule has 1 saturated heterocycles. The van der Waals surface area contributed by atoms with E-state index in [-0.39, 0.29) is 31.7 Å². The van der Waals surface area contributed by atoms with Crippen LogP contribution in [-0.4, -0.2) is 63.3 Å². The van der Waals surface area contributed by atoms with Crippen LogP contribution in [0.15, 0.2) is 36.4 Å². The van der Waals surface area contributed by atoms with Crippen molar-refractivity contribution in [3.63, 3.8) is 0 Å². The molecule has 0 spiro atoms. The Morgan fingerprint density at radius 2 is 1.56 bits per heavy atom. The van der Waals surface area contributed by atoms with Crippen LogP contribution in [0.3, 0.4) is 0 Å². The molecule has 0 atom stereocenters. The highest BCUT2D eigenvalue weighted by molar-refractivity contribution is 6.31. The van der Waals surface area contributed by atoms with Crippen molar-refractivity contribution in [1.82, 2.24) is 4.90 Å². The molecule has 2 aromatic carbocycles. The number of benzene rings is 2. The number of nitrogens with zero attached hydrogens (tertiary/aromatic N) is 2. The van der Waals surface area contributed by atoms with Gasteiger partial charge < -0.3 is 24.6 Å². The highest BCUT2D eigenvalue weighted by atomic mass is 35.5. The molecule has 11 heteroatoms. The fraction of sp³-hybridized carbons (Fsp3) is 0.333. The number of alkyl halides is 3. The van der Waals surface area contributed by atoms with E-state index in [0.29, 0.717) is 27.9 Å². The van der Waals surface area contributed by atoms with E-state index in [4.69, 9.17) is 21.1 Å². The molecule has 172 valence electrons. The predicted octanol–water partition coefficient (Wildman–Crippen LogP) is 3.82. The summed E-state index contributed by atoms with van der Waals surface area (Å²) in [6, 6.07) is 9.57. The van der Waals surface area contributed by atoms with E-state index < -0.39 is 18.0 Å². The molecule has 2 amide bonds. The third-order valence-electron chi connectivity index (χ3n) is 4.97. The Morgan fingerprint density at radius 1 is 0.969 bits per heavy atom. The molecule has 0 saturated carbocycles. The van der Waals surface area contributed by atoms with E-state index in [1.54, 1.807) is 41.3 Å². The van der Waals surface area contributed by atoms with Crippen molar-refractivity contribution in [2.75, 3.05) is 50.6 Å². The van der Waals surface area contributed by atoms with Crippen LogP contribution >= 0.6 is 11.6 Å². The van der Waals surface area contributed by atoms with Crippen LogP contribution in [0, 0.1) is 0 Å². The monoisotopic (exact) mass is 471 g/mol. The highest BCUT2D eigenvalue weighted by Gasteiger charge is 2.43. The maximum absolute atomic E-state index is 12.9. The van der Waals surface area contributed by atoms with Crippen molar-refractivity contribution < 1.29 is 32.2 Å². The van der Waals surface area contributed by atoms with Gasteiger partial charge in [0.1, 0.15) is 11.5 Å². The van der Waals surface area contributed by atoms with Crippen LogP contribution in [0.1, 0.15) is 10.4 Å². The number of amides is 2.